The molecule has 104 valence electrons. The van der Waals surface area contributed by atoms with E-state index in [9.17, 15) is 28.1 Å². The molecule has 1 atom stereocenters. The van der Waals surface area contributed by atoms with E-state index in [1.807, 2.05) is 0 Å². The lowest BCUT2D eigenvalue weighted by molar-refractivity contribution is -0.385. The van der Waals surface area contributed by atoms with Crippen molar-refractivity contribution in [3.8, 4) is 0 Å². The normalized spacial score (nSPS) is 13.1. The number of nitro groups is 1. The van der Waals surface area contributed by atoms with Crippen LogP contribution in [0.5, 0.6) is 0 Å². The Morgan fingerprint density at radius 2 is 2.05 bits per heavy atom. The molecular formula is C10H7BrF3NO3S. The fraction of sp³-hybridized carbons (Fsp3) is 0.300. The van der Waals surface area contributed by atoms with Crippen LogP contribution in [0, 0.1) is 10.1 Å². The van der Waals surface area contributed by atoms with Crippen LogP contribution >= 0.6 is 27.7 Å². The smallest absolute Gasteiger partial charge is 0.293 e. The first-order valence-electron chi connectivity index (χ1n) is 4.84. The molecule has 0 aliphatic rings. The maximum absolute atomic E-state index is 12.2. The third-order valence-electron chi connectivity index (χ3n) is 2.03. The van der Waals surface area contributed by atoms with E-state index in [-0.39, 0.29) is 10.5 Å². The zero-order valence-corrected chi connectivity index (χ0v) is 11.8. The van der Waals surface area contributed by atoms with Gasteiger partial charge in [0.15, 0.2) is 5.78 Å². The van der Waals surface area contributed by atoms with Crippen LogP contribution in [0.25, 0.3) is 0 Å². The van der Waals surface area contributed by atoms with Gasteiger partial charge in [0.2, 0.25) is 0 Å². The van der Waals surface area contributed by atoms with Crippen LogP contribution in [-0.4, -0.2) is 21.0 Å². The summed E-state index contributed by atoms with van der Waals surface area (Å²) < 4.78 is 36.5. The highest BCUT2D eigenvalue weighted by molar-refractivity contribution is 9.10. The summed E-state index contributed by atoms with van der Waals surface area (Å²) in [4.78, 5) is 20.6. The molecule has 0 spiro atoms. The molecule has 0 N–H and O–H groups in total. The Kier molecular flexibility index (Phi) is 4.97. The van der Waals surface area contributed by atoms with Crippen molar-refractivity contribution in [3.63, 3.8) is 0 Å². The number of alkyl halides is 4. The van der Waals surface area contributed by atoms with E-state index < -0.39 is 38.5 Å². The van der Waals surface area contributed by atoms with Gasteiger partial charge in [0.25, 0.3) is 5.69 Å². The van der Waals surface area contributed by atoms with Gasteiger partial charge in [-0.05, 0) is 30.8 Å². The van der Waals surface area contributed by atoms with Gasteiger partial charge in [0.05, 0.1) is 15.3 Å². The number of nitrogens with zero attached hydrogens (tertiary/aromatic N) is 1. The number of ketones is 1. The summed E-state index contributed by atoms with van der Waals surface area (Å²) in [5.41, 5.74) is -5.39. The molecular weight excluding hydrogens is 351 g/mol. The molecule has 1 unspecified atom stereocenters. The van der Waals surface area contributed by atoms with Crippen molar-refractivity contribution in [2.45, 2.75) is 22.2 Å². The van der Waals surface area contributed by atoms with Gasteiger partial charge in [-0.3, -0.25) is 14.9 Å². The number of rotatable bonds is 4. The van der Waals surface area contributed by atoms with E-state index in [0.29, 0.717) is 0 Å². The number of carbonyl (C=O) groups is 1. The van der Waals surface area contributed by atoms with Crippen LogP contribution in [0.4, 0.5) is 18.9 Å². The van der Waals surface area contributed by atoms with Crippen LogP contribution in [0.15, 0.2) is 23.1 Å². The molecule has 4 nitrogen and oxygen atoms in total. The second-order valence-corrected chi connectivity index (χ2v) is 5.98. The van der Waals surface area contributed by atoms with Crippen molar-refractivity contribution in [1.29, 1.82) is 0 Å². The van der Waals surface area contributed by atoms with Gasteiger partial charge in [-0.25, -0.2) is 0 Å². The van der Waals surface area contributed by atoms with Crippen molar-refractivity contribution in [2.75, 3.05) is 0 Å². The lowest BCUT2D eigenvalue weighted by Gasteiger charge is -2.08. The van der Waals surface area contributed by atoms with Gasteiger partial charge in [0.1, 0.15) is 0 Å². The zero-order valence-electron chi connectivity index (χ0n) is 9.40. The summed E-state index contributed by atoms with van der Waals surface area (Å²) >= 11 is 2.50. The molecule has 0 radical (unpaired) electrons. The number of Topliss-reactive ketones (excluding diaryl/α,β-unsaturated/α-hetero) is 1. The summed E-state index contributed by atoms with van der Waals surface area (Å²) in [5, 5.41) is 10.8. The van der Waals surface area contributed by atoms with Crippen molar-refractivity contribution >= 4 is 39.2 Å². The molecule has 0 fully saturated rings. The molecule has 19 heavy (non-hydrogen) atoms. The largest absolute Gasteiger partial charge is 0.446 e. The van der Waals surface area contributed by atoms with E-state index in [0.717, 1.165) is 18.2 Å². The van der Waals surface area contributed by atoms with Gasteiger partial charge in [0, 0.05) is 11.0 Å². The predicted octanol–water partition coefficient (Wildman–Crippen LogP) is 4.17. The molecule has 0 amide bonds. The maximum Gasteiger partial charge on any atom is 0.446 e. The topological polar surface area (TPSA) is 60.2 Å². The quantitative estimate of drug-likeness (QED) is 0.266. The standard InChI is InChI=1S/C10H7BrF3NO3S/c1-5(11)9(16)7-3-2-6(19-10(12,13)14)4-8(7)15(17)18/h2-5H,1H3. The molecule has 0 aromatic heterocycles. The minimum Gasteiger partial charge on any atom is -0.293 e. The molecule has 0 saturated heterocycles. The zero-order chi connectivity index (χ0) is 14.8. The Balaban J connectivity index is 3.23. The number of benzene rings is 1. The Labute approximate surface area is 118 Å². The molecule has 0 saturated carbocycles. The first-order chi connectivity index (χ1) is 8.61. The van der Waals surface area contributed by atoms with Gasteiger partial charge < -0.3 is 0 Å². The van der Waals surface area contributed by atoms with E-state index in [2.05, 4.69) is 15.9 Å². The van der Waals surface area contributed by atoms with Crippen LogP contribution in [0.3, 0.4) is 0 Å². The summed E-state index contributed by atoms with van der Waals surface area (Å²) in [6.45, 7) is 1.48. The predicted molar refractivity (Wildman–Crippen MR) is 67.7 cm³/mol. The third-order valence-corrected chi connectivity index (χ3v) is 3.16. The molecule has 1 rings (SSSR count). The monoisotopic (exact) mass is 357 g/mol. The molecule has 1 aromatic carbocycles. The fourth-order valence-electron chi connectivity index (χ4n) is 1.28. The summed E-state index contributed by atoms with van der Waals surface area (Å²) in [5.74, 6) is -0.560. The molecule has 0 bridgehead atoms. The van der Waals surface area contributed by atoms with E-state index >= 15 is 0 Å². The highest BCUT2D eigenvalue weighted by Gasteiger charge is 2.31. The Bertz CT molecular complexity index is 519. The Morgan fingerprint density at radius 3 is 2.47 bits per heavy atom. The number of hydrogen-bond acceptors (Lipinski definition) is 4. The molecule has 0 heterocycles. The second kappa shape index (κ2) is 5.91. The average Bonchev–Trinajstić information content (AvgIpc) is 2.25. The number of hydrogen-bond donors (Lipinski definition) is 0. The highest BCUT2D eigenvalue weighted by atomic mass is 79.9. The number of thioether (sulfide) groups is 1. The second-order valence-electron chi connectivity index (χ2n) is 3.46. The van der Waals surface area contributed by atoms with Gasteiger partial charge in [-0.1, -0.05) is 15.9 Å². The van der Waals surface area contributed by atoms with Gasteiger partial charge >= 0.3 is 5.51 Å². The van der Waals surface area contributed by atoms with Crippen LogP contribution < -0.4 is 0 Å². The highest BCUT2D eigenvalue weighted by Crippen LogP contribution is 2.38. The van der Waals surface area contributed by atoms with Crippen LogP contribution in [-0.2, 0) is 0 Å². The molecule has 1 aromatic rings. The van der Waals surface area contributed by atoms with Gasteiger partial charge in [-0.2, -0.15) is 13.2 Å². The first-order valence-corrected chi connectivity index (χ1v) is 6.57. The van der Waals surface area contributed by atoms with Crippen LogP contribution in [0.1, 0.15) is 17.3 Å². The molecule has 0 aliphatic heterocycles. The summed E-state index contributed by atoms with van der Waals surface area (Å²) in [6.07, 6.45) is 0. The Hall–Kier alpha value is -1.09. The van der Waals surface area contributed by atoms with Crippen molar-refractivity contribution in [2.24, 2.45) is 0 Å². The number of nitro benzene ring substituents is 1. The van der Waals surface area contributed by atoms with E-state index in [1.165, 1.54) is 6.92 Å². The number of halogens is 4. The SMILES string of the molecule is CC(Br)C(=O)c1ccc(SC(F)(F)F)cc1[N+](=O)[O-]. The maximum atomic E-state index is 12.2. The lowest BCUT2D eigenvalue weighted by Crippen LogP contribution is -2.12. The average molecular weight is 358 g/mol. The van der Waals surface area contributed by atoms with E-state index in [1.54, 1.807) is 0 Å². The molecule has 9 heteroatoms. The fourth-order valence-corrected chi connectivity index (χ4v) is 2.10. The minimum absolute atomic E-state index is 0.221. The van der Waals surface area contributed by atoms with Gasteiger partial charge in [-0.15, -0.1) is 0 Å². The first kappa shape index (κ1) is 16.0. The van der Waals surface area contributed by atoms with Crippen molar-refractivity contribution in [1.82, 2.24) is 0 Å². The third kappa shape index (κ3) is 4.50. The van der Waals surface area contributed by atoms with E-state index in [4.69, 9.17) is 0 Å². The van der Waals surface area contributed by atoms with Crippen LogP contribution in [0.2, 0.25) is 0 Å². The minimum atomic E-state index is -4.54. The van der Waals surface area contributed by atoms with Crippen molar-refractivity contribution < 1.29 is 22.9 Å². The Morgan fingerprint density at radius 1 is 1.47 bits per heavy atom. The summed E-state index contributed by atoms with van der Waals surface area (Å²) in [6, 6.07) is 2.82. The number of carbonyl (C=O) groups excluding carboxylic acids is 1. The summed E-state index contributed by atoms with van der Waals surface area (Å²) in [7, 11) is 0. The lowest BCUT2D eigenvalue weighted by atomic mass is 10.1. The molecule has 0 aliphatic carbocycles. The van der Waals surface area contributed by atoms with Crippen molar-refractivity contribution in [3.05, 3.63) is 33.9 Å².